The Morgan fingerprint density at radius 1 is 0.774 bits per heavy atom. The molecule has 0 saturated heterocycles. The van der Waals surface area contributed by atoms with E-state index in [4.69, 9.17) is 4.99 Å². The van der Waals surface area contributed by atoms with Gasteiger partial charge in [-0.1, -0.05) is 24.3 Å². The number of non-ortho nitro benzene ring substituents is 1. The number of nitro benzene ring substituents is 1. The maximum atomic E-state index is 10.7. The number of aliphatic imine (C=N–C) groups is 1. The molecule has 2 aromatic carbocycles. The molecule has 2 aliphatic rings. The normalized spacial score (nSPS) is 14.5. The Balaban J connectivity index is 1.45. The minimum absolute atomic E-state index is 0.0208. The Morgan fingerprint density at radius 3 is 1.71 bits per heavy atom. The Kier molecular flexibility index (Phi) is 6.08. The van der Waals surface area contributed by atoms with Gasteiger partial charge < -0.3 is 10.6 Å². The van der Waals surface area contributed by atoms with Gasteiger partial charge in [-0.05, 0) is 48.6 Å². The molecule has 2 N–H and O–H groups in total. The minimum atomic E-state index is -0.447. The minimum Gasteiger partial charge on any atom is -0.329 e. The zero-order chi connectivity index (χ0) is 21.5. The molecule has 0 atom stereocenters. The van der Waals surface area contributed by atoms with Crippen molar-refractivity contribution in [2.45, 2.75) is 12.8 Å². The summed E-state index contributed by atoms with van der Waals surface area (Å²) in [5, 5.41) is 25.7. The van der Waals surface area contributed by atoms with E-state index >= 15 is 0 Å². The number of allylic oxidation sites excluding steroid dienone is 6. The number of rotatable bonds is 6. The van der Waals surface area contributed by atoms with Crippen molar-refractivity contribution in [2.75, 3.05) is 0 Å². The van der Waals surface area contributed by atoms with E-state index in [1.807, 2.05) is 48.6 Å². The summed E-state index contributed by atoms with van der Waals surface area (Å²) in [6.07, 6.45) is 13.9. The van der Waals surface area contributed by atoms with Gasteiger partial charge in [-0.2, -0.15) is 10.2 Å². The molecule has 0 heterocycles. The van der Waals surface area contributed by atoms with Crippen molar-refractivity contribution in [1.82, 2.24) is 10.6 Å². The first-order chi connectivity index (χ1) is 15.2. The predicted molar refractivity (Wildman–Crippen MR) is 121 cm³/mol. The fraction of sp³-hybridized carbons (Fsp3) is 0.0870. The molecule has 0 aliphatic heterocycles. The number of hydrogen-bond donors (Lipinski definition) is 2. The van der Waals surface area contributed by atoms with Crippen LogP contribution in [0.2, 0.25) is 0 Å². The lowest BCUT2D eigenvalue weighted by Gasteiger charge is -2.14. The molecule has 8 nitrogen and oxygen atoms in total. The predicted octanol–water partition coefficient (Wildman–Crippen LogP) is 5.86. The molecule has 0 unspecified atom stereocenters. The van der Waals surface area contributed by atoms with Gasteiger partial charge in [-0.15, -0.1) is 0 Å². The van der Waals surface area contributed by atoms with Crippen LogP contribution in [-0.2, 0) is 0 Å². The van der Waals surface area contributed by atoms with Crippen LogP contribution in [-0.4, -0.2) is 10.9 Å². The van der Waals surface area contributed by atoms with Crippen LogP contribution < -0.4 is 10.6 Å². The number of benzene rings is 2. The summed E-state index contributed by atoms with van der Waals surface area (Å²) in [5.74, 6) is 0.658. The Labute approximate surface area is 179 Å². The smallest absolute Gasteiger partial charge is 0.269 e. The van der Waals surface area contributed by atoms with E-state index in [0.717, 1.165) is 29.9 Å². The van der Waals surface area contributed by atoms with E-state index in [2.05, 4.69) is 33.0 Å². The molecule has 0 spiro atoms. The van der Waals surface area contributed by atoms with Crippen molar-refractivity contribution in [3.8, 4) is 0 Å². The van der Waals surface area contributed by atoms with E-state index in [9.17, 15) is 10.1 Å². The zero-order valence-electron chi connectivity index (χ0n) is 16.6. The molecule has 0 fully saturated rings. The lowest BCUT2D eigenvalue weighted by Crippen LogP contribution is -2.35. The fourth-order valence-corrected chi connectivity index (χ4v) is 2.95. The Hall–Kier alpha value is -4.33. The molecule has 0 aromatic heterocycles. The van der Waals surface area contributed by atoms with Crippen LogP contribution in [0.25, 0.3) is 0 Å². The van der Waals surface area contributed by atoms with Crippen LogP contribution in [0.5, 0.6) is 0 Å². The third-order valence-corrected chi connectivity index (χ3v) is 4.53. The Bertz CT molecular complexity index is 1110. The van der Waals surface area contributed by atoms with Crippen molar-refractivity contribution in [2.24, 2.45) is 15.2 Å². The first-order valence-corrected chi connectivity index (χ1v) is 9.76. The third-order valence-electron chi connectivity index (χ3n) is 4.53. The average molecular weight is 412 g/mol. The summed E-state index contributed by atoms with van der Waals surface area (Å²) >= 11 is 0. The van der Waals surface area contributed by atoms with Crippen LogP contribution in [0.4, 0.5) is 22.7 Å². The molecule has 2 aromatic rings. The summed E-state index contributed by atoms with van der Waals surface area (Å²) in [6.45, 7) is 0. The van der Waals surface area contributed by atoms with Crippen LogP contribution in [0.3, 0.4) is 0 Å². The van der Waals surface area contributed by atoms with Gasteiger partial charge in [0.25, 0.3) is 5.69 Å². The third kappa shape index (κ3) is 5.60. The maximum absolute atomic E-state index is 10.7. The molecule has 0 amide bonds. The van der Waals surface area contributed by atoms with Gasteiger partial charge in [-0.25, -0.2) is 4.99 Å². The Morgan fingerprint density at radius 2 is 1.26 bits per heavy atom. The lowest BCUT2D eigenvalue weighted by molar-refractivity contribution is -0.384. The monoisotopic (exact) mass is 412 g/mol. The van der Waals surface area contributed by atoms with Crippen LogP contribution in [0.15, 0.2) is 112 Å². The summed E-state index contributed by atoms with van der Waals surface area (Å²) in [6, 6.07) is 13.3. The highest BCUT2D eigenvalue weighted by molar-refractivity contribution is 5.86. The van der Waals surface area contributed by atoms with Crippen LogP contribution >= 0.6 is 0 Å². The molecule has 2 aliphatic carbocycles. The number of nitrogens with zero attached hydrogens (tertiary/aromatic N) is 4. The second kappa shape index (κ2) is 9.45. The van der Waals surface area contributed by atoms with Gasteiger partial charge in [0.15, 0.2) is 0 Å². The second-order valence-electron chi connectivity index (χ2n) is 6.85. The molecule has 31 heavy (non-hydrogen) atoms. The van der Waals surface area contributed by atoms with Crippen molar-refractivity contribution in [1.29, 1.82) is 0 Å². The van der Waals surface area contributed by atoms with Crippen molar-refractivity contribution in [3.05, 3.63) is 106 Å². The van der Waals surface area contributed by atoms with Gasteiger partial charge in [0.05, 0.1) is 22.0 Å². The van der Waals surface area contributed by atoms with Crippen molar-refractivity contribution < 1.29 is 4.92 Å². The van der Waals surface area contributed by atoms with Gasteiger partial charge in [-0.3, -0.25) is 10.1 Å². The van der Waals surface area contributed by atoms with E-state index < -0.39 is 4.92 Å². The zero-order valence-corrected chi connectivity index (χ0v) is 16.6. The topological polar surface area (TPSA) is 104 Å². The van der Waals surface area contributed by atoms with Crippen molar-refractivity contribution >= 4 is 28.7 Å². The first kappa shape index (κ1) is 20.0. The molecule has 0 bridgehead atoms. The number of azo groups is 1. The highest BCUT2D eigenvalue weighted by Gasteiger charge is 2.08. The van der Waals surface area contributed by atoms with Gasteiger partial charge in [0, 0.05) is 36.4 Å². The first-order valence-electron chi connectivity index (χ1n) is 9.76. The van der Waals surface area contributed by atoms with Crippen LogP contribution in [0, 0.1) is 10.1 Å². The summed E-state index contributed by atoms with van der Waals surface area (Å²) in [5.41, 5.74) is 4.14. The average Bonchev–Trinajstić information content (AvgIpc) is 3.48. The summed E-state index contributed by atoms with van der Waals surface area (Å²) in [7, 11) is 0. The molecular formula is C23H20N6O2. The molecular weight excluding hydrogens is 392 g/mol. The molecule has 8 heteroatoms. The van der Waals surface area contributed by atoms with Crippen molar-refractivity contribution in [3.63, 3.8) is 0 Å². The van der Waals surface area contributed by atoms with Gasteiger partial charge in [0.2, 0.25) is 5.96 Å². The van der Waals surface area contributed by atoms with E-state index in [1.165, 1.54) is 12.1 Å². The number of nitro groups is 1. The number of nitrogens with one attached hydrogen (secondary N) is 2. The SMILES string of the molecule is O=[N+]([O-])c1ccc(N=Nc2ccc(N=C(NC3=CC=CC3)NC3=CC=CC3)cc2)cc1. The second-order valence-corrected chi connectivity index (χ2v) is 6.85. The standard InChI is InChI=1S/C23H20N6O2/c30-29(31)22-15-13-21(14-16-22)28-27-20-11-9-19(10-12-20)26-23(24-17-5-1-2-6-17)25-18-7-3-4-8-18/h1-5,7,9-16H,6,8H2,(H2,24,25,26). The van der Waals surface area contributed by atoms with E-state index in [0.29, 0.717) is 17.3 Å². The molecule has 0 saturated carbocycles. The van der Waals surface area contributed by atoms with E-state index in [-0.39, 0.29) is 5.69 Å². The lowest BCUT2D eigenvalue weighted by atomic mass is 10.3. The van der Waals surface area contributed by atoms with Gasteiger partial charge >= 0.3 is 0 Å². The summed E-state index contributed by atoms with van der Waals surface area (Å²) in [4.78, 5) is 15.0. The maximum Gasteiger partial charge on any atom is 0.269 e. The quantitative estimate of drug-likeness (QED) is 0.204. The fourth-order valence-electron chi connectivity index (χ4n) is 2.95. The summed E-state index contributed by atoms with van der Waals surface area (Å²) < 4.78 is 0. The molecule has 4 rings (SSSR count). The highest BCUT2D eigenvalue weighted by Crippen LogP contribution is 2.23. The van der Waals surface area contributed by atoms with E-state index in [1.54, 1.807) is 12.1 Å². The number of guanidine groups is 1. The highest BCUT2D eigenvalue weighted by atomic mass is 16.6. The molecule has 0 radical (unpaired) electrons. The molecule has 154 valence electrons. The van der Waals surface area contributed by atoms with Gasteiger partial charge in [0.1, 0.15) is 0 Å². The number of hydrogen-bond acceptors (Lipinski definition) is 5. The largest absolute Gasteiger partial charge is 0.329 e. The van der Waals surface area contributed by atoms with Crippen LogP contribution in [0.1, 0.15) is 12.8 Å².